The van der Waals surface area contributed by atoms with E-state index in [0.717, 1.165) is 63.3 Å². The minimum Gasteiger partial charge on any atom is -0.343 e. The van der Waals surface area contributed by atoms with Crippen LogP contribution in [-0.4, -0.2) is 64.8 Å². The molecule has 1 spiro atoms. The third-order valence-corrected chi connectivity index (χ3v) is 6.42. The topological polar surface area (TPSA) is 53.5 Å². The molecule has 0 atom stereocenters. The standard InChI is InChI=1S/C20H29N3O2S/c1-26-15-7-19(25)22-13-9-20(10-14-22)8-5-18(24)23(16-20)12-6-17-4-2-3-11-21-17/h2-4,11H,5-10,12-16H2,1H3. The molecule has 2 aliphatic rings. The van der Waals surface area contributed by atoms with E-state index < -0.39 is 0 Å². The van der Waals surface area contributed by atoms with Crippen molar-refractivity contribution in [3.8, 4) is 0 Å². The van der Waals surface area contributed by atoms with Crippen LogP contribution in [0, 0.1) is 5.41 Å². The number of aromatic nitrogens is 1. The van der Waals surface area contributed by atoms with Crippen LogP contribution in [0.2, 0.25) is 0 Å². The molecular weight excluding hydrogens is 346 g/mol. The first-order valence-corrected chi connectivity index (χ1v) is 11.0. The van der Waals surface area contributed by atoms with Crippen molar-refractivity contribution in [1.29, 1.82) is 0 Å². The lowest BCUT2D eigenvalue weighted by atomic mass is 9.72. The summed E-state index contributed by atoms with van der Waals surface area (Å²) in [6, 6.07) is 5.92. The van der Waals surface area contributed by atoms with Crippen LogP contribution in [0.4, 0.5) is 0 Å². The highest BCUT2D eigenvalue weighted by atomic mass is 32.2. The second kappa shape index (κ2) is 8.89. The van der Waals surface area contributed by atoms with E-state index in [-0.39, 0.29) is 17.2 Å². The van der Waals surface area contributed by atoms with Crippen molar-refractivity contribution in [2.75, 3.05) is 38.2 Å². The van der Waals surface area contributed by atoms with E-state index in [4.69, 9.17) is 0 Å². The number of carbonyl (C=O) groups excluding carboxylic acids is 2. The fourth-order valence-electron chi connectivity index (χ4n) is 4.09. The number of hydrogen-bond acceptors (Lipinski definition) is 4. The van der Waals surface area contributed by atoms with Gasteiger partial charge in [0.1, 0.15) is 0 Å². The molecule has 6 heteroatoms. The number of pyridine rings is 1. The molecule has 2 amide bonds. The van der Waals surface area contributed by atoms with Gasteiger partial charge in [-0.15, -0.1) is 0 Å². The molecule has 3 heterocycles. The first-order valence-electron chi connectivity index (χ1n) is 9.56. The van der Waals surface area contributed by atoms with Gasteiger partial charge in [0.05, 0.1) is 0 Å². The van der Waals surface area contributed by atoms with Crippen molar-refractivity contribution in [1.82, 2.24) is 14.8 Å². The van der Waals surface area contributed by atoms with Gasteiger partial charge >= 0.3 is 0 Å². The van der Waals surface area contributed by atoms with Crippen LogP contribution in [0.5, 0.6) is 0 Å². The van der Waals surface area contributed by atoms with Crippen LogP contribution in [-0.2, 0) is 16.0 Å². The molecule has 2 saturated heterocycles. The average molecular weight is 376 g/mol. The van der Waals surface area contributed by atoms with Crippen LogP contribution >= 0.6 is 11.8 Å². The Balaban J connectivity index is 1.53. The quantitative estimate of drug-likeness (QED) is 0.767. The third-order valence-electron chi connectivity index (χ3n) is 5.81. The maximum Gasteiger partial charge on any atom is 0.223 e. The van der Waals surface area contributed by atoms with Crippen LogP contribution < -0.4 is 0 Å². The largest absolute Gasteiger partial charge is 0.343 e. The monoisotopic (exact) mass is 375 g/mol. The summed E-state index contributed by atoms with van der Waals surface area (Å²) in [5, 5.41) is 0. The smallest absolute Gasteiger partial charge is 0.223 e. The van der Waals surface area contributed by atoms with Crippen molar-refractivity contribution < 1.29 is 9.59 Å². The lowest BCUT2D eigenvalue weighted by molar-refractivity contribution is -0.142. The van der Waals surface area contributed by atoms with Crippen molar-refractivity contribution in [2.24, 2.45) is 5.41 Å². The van der Waals surface area contributed by atoms with Gasteiger partial charge < -0.3 is 9.80 Å². The summed E-state index contributed by atoms with van der Waals surface area (Å²) in [4.78, 5) is 33.0. The van der Waals surface area contributed by atoms with Gasteiger partial charge in [-0.25, -0.2) is 0 Å². The van der Waals surface area contributed by atoms with Crippen molar-refractivity contribution in [2.45, 2.75) is 38.5 Å². The molecule has 0 aliphatic carbocycles. The van der Waals surface area contributed by atoms with Gasteiger partial charge in [0, 0.05) is 63.1 Å². The molecule has 1 aromatic heterocycles. The molecular formula is C20H29N3O2S. The van der Waals surface area contributed by atoms with Crippen LogP contribution in [0.15, 0.2) is 24.4 Å². The first kappa shape index (κ1) is 19.2. The van der Waals surface area contributed by atoms with Gasteiger partial charge in [-0.05, 0) is 43.1 Å². The van der Waals surface area contributed by atoms with E-state index in [1.165, 1.54) is 0 Å². The fourth-order valence-corrected chi connectivity index (χ4v) is 4.47. The Morgan fingerprint density at radius 2 is 2.08 bits per heavy atom. The summed E-state index contributed by atoms with van der Waals surface area (Å²) < 4.78 is 0. The van der Waals surface area contributed by atoms with E-state index in [2.05, 4.69) is 4.98 Å². The lowest BCUT2D eigenvalue weighted by Crippen LogP contribution is -2.52. The molecule has 3 rings (SSSR count). The Hall–Kier alpha value is -1.56. The molecule has 0 radical (unpaired) electrons. The summed E-state index contributed by atoms with van der Waals surface area (Å²) in [5.41, 5.74) is 1.24. The predicted octanol–water partition coefficient (Wildman–Crippen LogP) is 2.61. The molecule has 0 saturated carbocycles. The van der Waals surface area contributed by atoms with E-state index in [9.17, 15) is 9.59 Å². The second-order valence-corrected chi connectivity index (χ2v) is 8.50. The molecule has 2 aliphatic heterocycles. The predicted molar refractivity (Wildman–Crippen MR) is 105 cm³/mol. The fraction of sp³-hybridized carbons (Fsp3) is 0.650. The number of hydrogen-bond donors (Lipinski definition) is 0. The van der Waals surface area contributed by atoms with Gasteiger partial charge in [0.15, 0.2) is 0 Å². The Labute approximate surface area is 160 Å². The molecule has 0 unspecified atom stereocenters. The van der Waals surface area contributed by atoms with Gasteiger partial charge in [-0.1, -0.05) is 6.07 Å². The SMILES string of the molecule is CSCCC(=O)N1CCC2(CCC(=O)N(CCc3ccccn3)C2)CC1. The minimum absolute atomic E-state index is 0.203. The van der Waals surface area contributed by atoms with E-state index in [1.54, 1.807) is 18.0 Å². The average Bonchev–Trinajstić information content (AvgIpc) is 2.68. The number of piperidine rings is 2. The number of rotatable bonds is 6. The Morgan fingerprint density at radius 3 is 2.77 bits per heavy atom. The highest BCUT2D eigenvalue weighted by Gasteiger charge is 2.41. The van der Waals surface area contributed by atoms with Crippen LogP contribution in [0.3, 0.4) is 0 Å². The minimum atomic E-state index is 0.203. The molecule has 5 nitrogen and oxygen atoms in total. The summed E-state index contributed by atoms with van der Waals surface area (Å²) in [5.74, 6) is 1.45. The number of carbonyl (C=O) groups is 2. The first-order chi connectivity index (χ1) is 12.6. The molecule has 2 fully saturated rings. The zero-order chi connectivity index (χ0) is 18.4. The van der Waals surface area contributed by atoms with Gasteiger partial charge in [-0.3, -0.25) is 14.6 Å². The zero-order valence-corrected chi connectivity index (χ0v) is 16.5. The summed E-state index contributed by atoms with van der Waals surface area (Å²) >= 11 is 1.72. The Morgan fingerprint density at radius 1 is 1.27 bits per heavy atom. The zero-order valence-electron chi connectivity index (χ0n) is 15.7. The number of likely N-dealkylation sites (tertiary alicyclic amines) is 2. The molecule has 0 N–H and O–H groups in total. The molecule has 1 aromatic rings. The van der Waals surface area contributed by atoms with E-state index in [1.807, 2.05) is 34.3 Å². The summed E-state index contributed by atoms with van der Waals surface area (Å²) in [6.07, 6.45) is 8.94. The van der Waals surface area contributed by atoms with Crippen molar-refractivity contribution in [3.05, 3.63) is 30.1 Å². The summed E-state index contributed by atoms with van der Waals surface area (Å²) in [6.45, 7) is 3.27. The lowest BCUT2D eigenvalue weighted by Gasteiger charge is -2.47. The van der Waals surface area contributed by atoms with Crippen molar-refractivity contribution in [3.63, 3.8) is 0 Å². The molecule has 26 heavy (non-hydrogen) atoms. The van der Waals surface area contributed by atoms with Gasteiger partial charge in [-0.2, -0.15) is 11.8 Å². The maximum atomic E-state index is 12.4. The van der Waals surface area contributed by atoms with E-state index in [0.29, 0.717) is 12.8 Å². The Kier molecular flexibility index (Phi) is 6.57. The maximum absolute atomic E-state index is 12.4. The number of nitrogens with zero attached hydrogens (tertiary/aromatic N) is 3. The highest BCUT2D eigenvalue weighted by Crippen LogP contribution is 2.40. The highest BCUT2D eigenvalue weighted by molar-refractivity contribution is 7.98. The Bertz CT molecular complexity index is 615. The van der Waals surface area contributed by atoms with Crippen molar-refractivity contribution >= 4 is 23.6 Å². The summed E-state index contributed by atoms with van der Waals surface area (Å²) in [7, 11) is 0. The number of thioether (sulfide) groups is 1. The molecule has 0 aromatic carbocycles. The molecule has 142 valence electrons. The normalized spacial score (nSPS) is 19.8. The van der Waals surface area contributed by atoms with Gasteiger partial charge in [0.2, 0.25) is 11.8 Å². The second-order valence-electron chi connectivity index (χ2n) is 7.51. The number of amides is 2. The van der Waals surface area contributed by atoms with Crippen LogP contribution in [0.25, 0.3) is 0 Å². The molecule has 0 bridgehead atoms. The van der Waals surface area contributed by atoms with Crippen LogP contribution in [0.1, 0.15) is 37.8 Å². The third kappa shape index (κ3) is 4.78. The van der Waals surface area contributed by atoms with Gasteiger partial charge in [0.25, 0.3) is 0 Å². The van der Waals surface area contributed by atoms with E-state index >= 15 is 0 Å².